The summed E-state index contributed by atoms with van der Waals surface area (Å²) in [5, 5.41) is 0. The lowest BCUT2D eigenvalue weighted by Gasteiger charge is -2.04. The summed E-state index contributed by atoms with van der Waals surface area (Å²) >= 11 is 3.56. The van der Waals surface area contributed by atoms with Crippen LogP contribution in [0.2, 0.25) is 0 Å². The van der Waals surface area contributed by atoms with E-state index >= 15 is 0 Å². The number of hydrogen-bond acceptors (Lipinski definition) is 0. The third-order valence-electron chi connectivity index (χ3n) is 2.49. The Balaban J connectivity index is 2.22. The SMILES string of the molecule is Cc1ccc(Cc2ccccc2)cc1Br. The van der Waals surface area contributed by atoms with Crippen molar-refractivity contribution in [2.24, 2.45) is 0 Å². The van der Waals surface area contributed by atoms with Crippen molar-refractivity contribution in [1.82, 2.24) is 0 Å². The summed E-state index contributed by atoms with van der Waals surface area (Å²) in [5.41, 5.74) is 3.98. The van der Waals surface area contributed by atoms with Crippen molar-refractivity contribution < 1.29 is 0 Å². The van der Waals surface area contributed by atoms with Crippen molar-refractivity contribution in [2.45, 2.75) is 13.3 Å². The van der Waals surface area contributed by atoms with Gasteiger partial charge in [0.1, 0.15) is 0 Å². The molecule has 2 aromatic rings. The molecule has 0 N–H and O–H groups in total. The molecule has 76 valence electrons. The maximum atomic E-state index is 3.56. The lowest BCUT2D eigenvalue weighted by Crippen LogP contribution is -1.88. The fraction of sp³-hybridized carbons (Fsp3) is 0.143. The monoisotopic (exact) mass is 260 g/mol. The molecule has 2 rings (SSSR count). The van der Waals surface area contributed by atoms with E-state index < -0.39 is 0 Å². The Morgan fingerprint density at radius 3 is 2.33 bits per heavy atom. The molecule has 0 heterocycles. The minimum Gasteiger partial charge on any atom is -0.0622 e. The molecule has 0 bridgehead atoms. The second kappa shape index (κ2) is 4.63. The van der Waals surface area contributed by atoms with Gasteiger partial charge in [0.15, 0.2) is 0 Å². The molecular formula is C14H13Br. The van der Waals surface area contributed by atoms with E-state index in [0.717, 1.165) is 6.42 Å². The third kappa shape index (κ3) is 2.69. The van der Waals surface area contributed by atoms with Gasteiger partial charge in [0.05, 0.1) is 0 Å². The standard InChI is InChI=1S/C14H13Br/c1-11-7-8-13(10-14(11)15)9-12-5-3-2-4-6-12/h2-8,10H,9H2,1H3. The van der Waals surface area contributed by atoms with Gasteiger partial charge in [-0.3, -0.25) is 0 Å². The molecule has 0 unspecified atom stereocenters. The molecule has 2 aromatic carbocycles. The Hall–Kier alpha value is -1.08. The van der Waals surface area contributed by atoms with Crippen LogP contribution in [0.3, 0.4) is 0 Å². The van der Waals surface area contributed by atoms with Crippen LogP contribution >= 0.6 is 15.9 Å². The molecule has 0 amide bonds. The van der Waals surface area contributed by atoms with Crippen molar-refractivity contribution >= 4 is 15.9 Å². The van der Waals surface area contributed by atoms with Gasteiger partial charge in [0.25, 0.3) is 0 Å². The first kappa shape index (κ1) is 10.4. The van der Waals surface area contributed by atoms with Gasteiger partial charge in [0.2, 0.25) is 0 Å². The summed E-state index contributed by atoms with van der Waals surface area (Å²) in [6, 6.07) is 17.1. The highest BCUT2D eigenvalue weighted by Crippen LogP contribution is 2.19. The summed E-state index contributed by atoms with van der Waals surface area (Å²) in [6.07, 6.45) is 1.000. The Labute approximate surface area is 99.1 Å². The number of benzene rings is 2. The molecule has 0 nitrogen and oxygen atoms in total. The molecule has 0 fully saturated rings. The molecule has 0 spiro atoms. The van der Waals surface area contributed by atoms with E-state index in [9.17, 15) is 0 Å². The van der Waals surface area contributed by atoms with Gasteiger partial charge in [-0.1, -0.05) is 58.4 Å². The average molecular weight is 261 g/mol. The van der Waals surface area contributed by atoms with Crippen LogP contribution in [0.4, 0.5) is 0 Å². The molecule has 0 aliphatic heterocycles. The predicted molar refractivity (Wildman–Crippen MR) is 68.1 cm³/mol. The number of aryl methyl sites for hydroxylation is 1. The molecule has 0 aliphatic rings. The second-order valence-corrected chi connectivity index (χ2v) is 4.60. The third-order valence-corrected chi connectivity index (χ3v) is 3.34. The Morgan fingerprint density at radius 1 is 0.933 bits per heavy atom. The van der Waals surface area contributed by atoms with Gasteiger partial charge in [-0.2, -0.15) is 0 Å². The Morgan fingerprint density at radius 2 is 1.67 bits per heavy atom. The van der Waals surface area contributed by atoms with Gasteiger partial charge in [-0.05, 0) is 36.1 Å². The van der Waals surface area contributed by atoms with E-state index in [0.29, 0.717) is 0 Å². The van der Waals surface area contributed by atoms with E-state index in [1.165, 1.54) is 21.2 Å². The minimum absolute atomic E-state index is 1.000. The number of rotatable bonds is 2. The van der Waals surface area contributed by atoms with Crippen LogP contribution in [0.25, 0.3) is 0 Å². The lowest BCUT2D eigenvalue weighted by atomic mass is 10.0. The van der Waals surface area contributed by atoms with Gasteiger partial charge in [-0.25, -0.2) is 0 Å². The quantitative estimate of drug-likeness (QED) is 0.754. The fourth-order valence-corrected chi connectivity index (χ4v) is 2.00. The predicted octanol–water partition coefficient (Wildman–Crippen LogP) is 4.35. The summed E-state index contributed by atoms with van der Waals surface area (Å²) in [7, 11) is 0. The van der Waals surface area contributed by atoms with E-state index in [2.05, 4.69) is 71.4 Å². The smallest absolute Gasteiger partial charge is 0.0207 e. The van der Waals surface area contributed by atoms with Crippen LogP contribution in [-0.2, 0) is 6.42 Å². The Bertz CT molecular complexity index is 446. The highest BCUT2D eigenvalue weighted by Gasteiger charge is 1.98. The first-order valence-electron chi connectivity index (χ1n) is 5.04. The largest absolute Gasteiger partial charge is 0.0622 e. The molecule has 0 saturated heterocycles. The summed E-state index contributed by atoms with van der Waals surface area (Å²) in [5.74, 6) is 0. The van der Waals surface area contributed by atoms with E-state index in [-0.39, 0.29) is 0 Å². The van der Waals surface area contributed by atoms with Crippen molar-refractivity contribution in [3.05, 3.63) is 69.7 Å². The number of hydrogen-bond donors (Lipinski definition) is 0. The van der Waals surface area contributed by atoms with Crippen LogP contribution in [0, 0.1) is 6.92 Å². The second-order valence-electron chi connectivity index (χ2n) is 3.75. The number of halogens is 1. The first-order chi connectivity index (χ1) is 7.25. The maximum absolute atomic E-state index is 3.56. The minimum atomic E-state index is 1.000. The van der Waals surface area contributed by atoms with Gasteiger partial charge in [-0.15, -0.1) is 0 Å². The molecule has 1 heteroatoms. The normalized spacial score (nSPS) is 10.3. The summed E-state index contributed by atoms with van der Waals surface area (Å²) in [6.45, 7) is 2.11. The van der Waals surface area contributed by atoms with E-state index in [4.69, 9.17) is 0 Å². The molecule has 0 aromatic heterocycles. The fourth-order valence-electron chi connectivity index (χ4n) is 1.58. The van der Waals surface area contributed by atoms with Crippen LogP contribution in [0.1, 0.15) is 16.7 Å². The lowest BCUT2D eigenvalue weighted by molar-refractivity contribution is 1.18. The maximum Gasteiger partial charge on any atom is 0.0207 e. The van der Waals surface area contributed by atoms with Crippen molar-refractivity contribution in [3.63, 3.8) is 0 Å². The summed E-state index contributed by atoms with van der Waals surface area (Å²) in [4.78, 5) is 0. The zero-order valence-electron chi connectivity index (χ0n) is 8.70. The van der Waals surface area contributed by atoms with Crippen molar-refractivity contribution in [2.75, 3.05) is 0 Å². The van der Waals surface area contributed by atoms with Crippen LogP contribution < -0.4 is 0 Å². The topological polar surface area (TPSA) is 0 Å². The van der Waals surface area contributed by atoms with Gasteiger partial charge >= 0.3 is 0 Å². The molecule has 0 aliphatic carbocycles. The van der Waals surface area contributed by atoms with E-state index in [1.54, 1.807) is 0 Å². The van der Waals surface area contributed by atoms with Crippen molar-refractivity contribution in [3.8, 4) is 0 Å². The van der Waals surface area contributed by atoms with Crippen molar-refractivity contribution in [1.29, 1.82) is 0 Å². The zero-order valence-corrected chi connectivity index (χ0v) is 10.3. The average Bonchev–Trinajstić information content (AvgIpc) is 2.25. The molecule has 0 radical (unpaired) electrons. The molecule has 15 heavy (non-hydrogen) atoms. The molecule has 0 saturated carbocycles. The summed E-state index contributed by atoms with van der Waals surface area (Å²) < 4.78 is 1.19. The first-order valence-corrected chi connectivity index (χ1v) is 5.84. The van der Waals surface area contributed by atoms with Crippen LogP contribution in [0.15, 0.2) is 53.0 Å². The highest BCUT2D eigenvalue weighted by atomic mass is 79.9. The molecule has 0 atom stereocenters. The van der Waals surface area contributed by atoms with Gasteiger partial charge in [0, 0.05) is 4.47 Å². The highest BCUT2D eigenvalue weighted by molar-refractivity contribution is 9.10. The molecular weight excluding hydrogens is 248 g/mol. The Kier molecular flexibility index (Phi) is 3.22. The van der Waals surface area contributed by atoms with Crippen LogP contribution in [0.5, 0.6) is 0 Å². The van der Waals surface area contributed by atoms with Gasteiger partial charge < -0.3 is 0 Å². The van der Waals surface area contributed by atoms with Crippen LogP contribution in [-0.4, -0.2) is 0 Å². The van der Waals surface area contributed by atoms with E-state index in [1.807, 2.05) is 0 Å². The zero-order chi connectivity index (χ0) is 10.7.